The quantitative estimate of drug-likeness (QED) is 0.199. The molecule has 0 radical (unpaired) electrons. The summed E-state index contributed by atoms with van der Waals surface area (Å²) < 4.78 is 0. The van der Waals surface area contributed by atoms with Gasteiger partial charge in [-0.3, -0.25) is 0 Å². The minimum Gasteiger partial charge on any atom is -0.355 e. The summed E-state index contributed by atoms with van der Waals surface area (Å²) >= 11 is 0. The van der Waals surface area contributed by atoms with E-state index in [-0.39, 0.29) is 0 Å². The van der Waals surface area contributed by atoms with Gasteiger partial charge in [0.15, 0.2) is 0 Å². The third kappa shape index (κ3) is 5.30. The maximum Gasteiger partial charge on any atom is 0.0973 e. The minimum atomic E-state index is 0.863. The molecule has 2 aromatic heterocycles. The molecule has 9 aromatic rings. The van der Waals surface area contributed by atoms with E-state index < -0.39 is 0 Å². The minimum absolute atomic E-state index is 0.863. The van der Waals surface area contributed by atoms with E-state index in [1.165, 1.54) is 16.3 Å². The Hall–Kier alpha value is -6.52. The summed E-state index contributed by atoms with van der Waals surface area (Å²) in [5.74, 6) is 0. The molecular weight excluding hydrogens is 597 g/mol. The third-order valence-electron chi connectivity index (χ3n) is 9.26. The summed E-state index contributed by atoms with van der Waals surface area (Å²) in [4.78, 5) is 16.4. The van der Waals surface area contributed by atoms with Crippen LogP contribution in [0.5, 0.6) is 0 Å². The molecule has 0 saturated heterocycles. The highest BCUT2D eigenvalue weighted by atomic mass is 15.1. The van der Waals surface area contributed by atoms with Crippen molar-refractivity contribution < 1.29 is 0 Å². The number of fused-ring (bicyclic) bond motifs is 4. The van der Waals surface area contributed by atoms with Crippen molar-refractivity contribution in [1.29, 1.82) is 0 Å². The lowest BCUT2D eigenvalue weighted by atomic mass is 10.0. The topological polar surface area (TPSA) is 44.8 Å². The molecule has 0 bridgehead atoms. The van der Waals surface area contributed by atoms with Crippen molar-refractivity contribution in [2.75, 3.05) is 4.90 Å². The molecule has 1 N–H and O–H groups in total. The van der Waals surface area contributed by atoms with Gasteiger partial charge >= 0.3 is 0 Å². The summed E-state index contributed by atoms with van der Waals surface area (Å²) in [5.41, 5.74) is 14.5. The SMILES string of the molecule is Cc1ccc(-c2nc3cc(-c4ccccc4)ccc3nc2-c2ccc(N(c3ccccc3)c3ccc4[nH]c5ccccc5c4c3)cc2)cc1. The summed E-state index contributed by atoms with van der Waals surface area (Å²) in [6.45, 7) is 2.11. The zero-order valence-corrected chi connectivity index (χ0v) is 27.0. The van der Waals surface area contributed by atoms with Crippen LogP contribution in [0, 0.1) is 6.92 Å². The van der Waals surface area contributed by atoms with Crippen LogP contribution in [0.25, 0.3) is 66.5 Å². The first kappa shape index (κ1) is 28.7. The van der Waals surface area contributed by atoms with Gasteiger partial charge in [-0.05, 0) is 78.7 Å². The molecule has 0 fully saturated rings. The first-order chi connectivity index (χ1) is 24.2. The molecule has 0 aliphatic heterocycles. The summed E-state index contributed by atoms with van der Waals surface area (Å²) in [5, 5.41) is 2.42. The van der Waals surface area contributed by atoms with Gasteiger partial charge in [-0.25, -0.2) is 9.97 Å². The molecule has 0 aliphatic carbocycles. The Morgan fingerprint density at radius 2 is 0.980 bits per heavy atom. The number of para-hydroxylation sites is 2. The summed E-state index contributed by atoms with van der Waals surface area (Å²) in [6, 6.07) is 59.7. The fourth-order valence-electron chi connectivity index (χ4n) is 6.75. The van der Waals surface area contributed by atoms with Gasteiger partial charge in [0.25, 0.3) is 0 Å². The van der Waals surface area contributed by atoms with Crippen LogP contribution in [0.3, 0.4) is 0 Å². The lowest BCUT2D eigenvalue weighted by molar-refractivity contribution is 1.27. The standard InChI is InChI=1S/C45H32N4/c1-30-16-18-32(19-17-30)45-44(47-42-26-22-34(28-43(42)48-45)31-10-4-2-5-11-31)33-20-23-36(24-21-33)49(35-12-6-3-7-13-35)37-25-27-41-39(29-37)38-14-8-9-15-40(38)46-41/h2-29,46H,1H3. The van der Waals surface area contributed by atoms with Gasteiger partial charge in [-0.15, -0.1) is 0 Å². The average Bonchev–Trinajstić information content (AvgIpc) is 3.54. The normalized spacial score (nSPS) is 11.4. The first-order valence-corrected chi connectivity index (χ1v) is 16.6. The molecule has 49 heavy (non-hydrogen) atoms. The van der Waals surface area contributed by atoms with Crippen molar-refractivity contribution in [2.45, 2.75) is 6.92 Å². The lowest BCUT2D eigenvalue weighted by Crippen LogP contribution is -2.09. The van der Waals surface area contributed by atoms with Gasteiger partial charge in [0.2, 0.25) is 0 Å². The van der Waals surface area contributed by atoms with Crippen LogP contribution in [-0.2, 0) is 0 Å². The van der Waals surface area contributed by atoms with Gasteiger partial charge in [-0.2, -0.15) is 0 Å². The number of benzene rings is 7. The van der Waals surface area contributed by atoms with Gasteiger partial charge < -0.3 is 9.88 Å². The van der Waals surface area contributed by atoms with E-state index in [2.05, 4.69) is 181 Å². The van der Waals surface area contributed by atoms with E-state index in [1.54, 1.807) is 0 Å². The predicted molar refractivity (Wildman–Crippen MR) is 205 cm³/mol. The number of hydrogen-bond donors (Lipinski definition) is 1. The fraction of sp³-hybridized carbons (Fsp3) is 0.0222. The van der Waals surface area contributed by atoms with Crippen molar-refractivity contribution in [3.63, 3.8) is 0 Å². The predicted octanol–water partition coefficient (Wildman–Crippen LogP) is 12.0. The van der Waals surface area contributed by atoms with Crippen LogP contribution in [0.2, 0.25) is 0 Å². The Morgan fingerprint density at radius 3 is 1.73 bits per heavy atom. The summed E-state index contributed by atoms with van der Waals surface area (Å²) in [7, 11) is 0. The number of hydrogen-bond acceptors (Lipinski definition) is 3. The third-order valence-corrected chi connectivity index (χ3v) is 9.26. The molecule has 9 rings (SSSR count). The van der Waals surface area contributed by atoms with Crippen molar-refractivity contribution in [2.24, 2.45) is 0 Å². The van der Waals surface area contributed by atoms with E-state index in [9.17, 15) is 0 Å². The van der Waals surface area contributed by atoms with E-state index in [0.29, 0.717) is 0 Å². The van der Waals surface area contributed by atoms with E-state index in [1.807, 2.05) is 6.07 Å². The van der Waals surface area contributed by atoms with Gasteiger partial charge in [0.05, 0.1) is 22.4 Å². The second kappa shape index (κ2) is 11.9. The highest BCUT2D eigenvalue weighted by Crippen LogP contribution is 2.39. The van der Waals surface area contributed by atoms with Gasteiger partial charge in [0.1, 0.15) is 0 Å². The fourth-order valence-corrected chi connectivity index (χ4v) is 6.75. The number of rotatable bonds is 6. The molecule has 0 saturated carbocycles. The monoisotopic (exact) mass is 628 g/mol. The Balaban J connectivity index is 1.17. The van der Waals surface area contributed by atoms with Gasteiger partial charge in [-0.1, -0.05) is 115 Å². The first-order valence-electron chi connectivity index (χ1n) is 16.6. The molecule has 232 valence electrons. The van der Waals surface area contributed by atoms with Crippen molar-refractivity contribution in [3.05, 3.63) is 175 Å². The van der Waals surface area contributed by atoms with Gasteiger partial charge in [0, 0.05) is 50.0 Å². The lowest BCUT2D eigenvalue weighted by Gasteiger charge is -2.26. The van der Waals surface area contributed by atoms with Crippen LogP contribution >= 0.6 is 0 Å². The number of nitrogens with one attached hydrogen (secondary N) is 1. The van der Waals surface area contributed by atoms with E-state index in [0.717, 1.165) is 72.8 Å². The number of H-pyrrole nitrogens is 1. The zero-order valence-electron chi connectivity index (χ0n) is 27.0. The highest BCUT2D eigenvalue weighted by Gasteiger charge is 2.17. The Morgan fingerprint density at radius 1 is 0.408 bits per heavy atom. The maximum absolute atomic E-state index is 5.26. The van der Waals surface area contributed by atoms with Crippen LogP contribution in [0.4, 0.5) is 17.1 Å². The van der Waals surface area contributed by atoms with Crippen molar-refractivity contribution in [3.8, 4) is 33.6 Å². The summed E-state index contributed by atoms with van der Waals surface area (Å²) in [6.07, 6.45) is 0. The van der Waals surface area contributed by atoms with Crippen LogP contribution in [-0.4, -0.2) is 15.0 Å². The Kier molecular flexibility index (Phi) is 6.98. The van der Waals surface area contributed by atoms with Crippen molar-refractivity contribution in [1.82, 2.24) is 15.0 Å². The molecule has 0 amide bonds. The number of anilines is 3. The molecule has 7 aromatic carbocycles. The maximum atomic E-state index is 5.26. The molecule has 0 spiro atoms. The zero-order chi connectivity index (χ0) is 32.7. The van der Waals surface area contributed by atoms with E-state index in [4.69, 9.17) is 9.97 Å². The smallest absolute Gasteiger partial charge is 0.0973 e. The molecule has 2 heterocycles. The van der Waals surface area contributed by atoms with Crippen LogP contribution in [0.15, 0.2) is 170 Å². The Labute approximate surface area is 285 Å². The average molecular weight is 629 g/mol. The number of aromatic nitrogens is 3. The molecule has 4 heteroatoms. The number of aryl methyl sites for hydroxylation is 1. The molecule has 4 nitrogen and oxygen atoms in total. The molecule has 0 atom stereocenters. The second-order valence-corrected chi connectivity index (χ2v) is 12.5. The van der Waals surface area contributed by atoms with E-state index >= 15 is 0 Å². The molecule has 0 unspecified atom stereocenters. The van der Waals surface area contributed by atoms with Crippen LogP contribution < -0.4 is 4.90 Å². The largest absolute Gasteiger partial charge is 0.355 e. The second-order valence-electron chi connectivity index (χ2n) is 12.5. The van der Waals surface area contributed by atoms with Crippen molar-refractivity contribution >= 4 is 49.9 Å². The number of aromatic amines is 1. The number of nitrogens with zero attached hydrogens (tertiary/aromatic N) is 3. The molecule has 0 aliphatic rings. The highest BCUT2D eigenvalue weighted by molar-refractivity contribution is 6.08. The molecular formula is C45H32N4. The van der Waals surface area contributed by atoms with Crippen LogP contribution in [0.1, 0.15) is 5.56 Å². The Bertz CT molecular complexity index is 2590.